The number of carbonyl (C=O) groups is 1. The lowest BCUT2D eigenvalue weighted by Gasteiger charge is -2.26. The Morgan fingerprint density at radius 3 is 2.70 bits per heavy atom. The summed E-state index contributed by atoms with van der Waals surface area (Å²) >= 11 is 0. The zero-order valence-electron chi connectivity index (χ0n) is 13.6. The molecule has 1 aliphatic rings. The molecule has 0 radical (unpaired) electrons. The molecule has 1 fully saturated rings. The smallest absolute Gasteiger partial charge is 0.248 e. The predicted octanol–water partition coefficient (Wildman–Crippen LogP) is 0.449. The van der Waals surface area contributed by atoms with E-state index in [4.69, 9.17) is 9.47 Å². The molecule has 23 heavy (non-hydrogen) atoms. The highest BCUT2D eigenvalue weighted by Gasteiger charge is 2.21. The Balaban J connectivity index is 2.04. The second kappa shape index (κ2) is 7.29. The van der Waals surface area contributed by atoms with Gasteiger partial charge in [0.15, 0.2) is 0 Å². The molecule has 1 aromatic rings. The molecule has 0 saturated carbocycles. The van der Waals surface area contributed by atoms with E-state index in [2.05, 4.69) is 4.72 Å². The number of hydrogen-bond acceptors (Lipinski definition) is 5. The van der Waals surface area contributed by atoms with Gasteiger partial charge in [0, 0.05) is 19.6 Å². The molecular formula is C15H22N2O5S. The summed E-state index contributed by atoms with van der Waals surface area (Å²) < 4.78 is 37.7. The van der Waals surface area contributed by atoms with E-state index in [0.717, 1.165) is 5.56 Å². The first-order valence-corrected chi connectivity index (χ1v) is 8.84. The molecule has 0 atom stereocenters. The van der Waals surface area contributed by atoms with Crippen LogP contribution in [0.2, 0.25) is 0 Å². The van der Waals surface area contributed by atoms with Gasteiger partial charge in [-0.05, 0) is 37.1 Å². The lowest BCUT2D eigenvalue weighted by molar-refractivity contribution is -0.142. The van der Waals surface area contributed by atoms with Crippen LogP contribution in [0.25, 0.3) is 0 Å². The molecule has 0 unspecified atom stereocenters. The Bertz CT molecular complexity index is 687. The van der Waals surface area contributed by atoms with Crippen LogP contribution in [-0.2, 0) is 19.6 Å². The number of aryl methyl sites for hydroxylation is 2. The standard InChI is InChI=1S/C15H22N2O5S/c1-11-9-14(12(2)8-13(11)21-3)23(19,20)16-4-5-17-6-7-22-10-15(17)18/h8-9,16H,4-7,10H2,1-3H3. The van der Waals surface area contributed by atoms with Gasteiger partial charge in [-0.25, -0.2) is 13.1 Å². The van der Waals surface area contributed by atoms with Crippen LogP contribution >= 0.6 is 0 Å². The molecule has 0 bridgehead atoms. The predicted molar refractivity (Wildman–Crippen MR) is 85.1 cm³/mol. The van der Waals surface area contributed by atoms with Crippen LogP contribution in [0.4, 0.5) is 0 Å². The summed E-state index contributed by atoms with van der Waals surface area (Å²) in [7, 11) is -2.08. The van der Waals surface area contributed by atoms with Crippen LogP contribution in [-0.4, -0.2) is 59.2 Å². The highest BCUT2D eigenvalue weighted by atomic mass is 32.2. The summed E-state index contributed by atoms with van der Waals surface area (Å²) in [5.74, 6) is 0.535. The first kappa shape index (κ1) is 17.7. The molecule has 0 spiro atoms. The highest BCUT2D eigenvalue weighted by Crippen LogP contribution is 2.25. The van der Waals surface area contributed by atoms with Crippen molar-refractivity contribution in [1.29, 1.82) is 0 Å². The SMILES string of the molecule is COc1cc(C)c(S(=O)(=O)NCCN2CCOCC2=O)cc1C. The molecule has 2 rings (SSSR count). The van der Waals surface area contributed by atoms with Gasteiger partial charge in [-0.2, -0.15) is 0 Å². The lowest BCUT2D eigenvalue weighted by atomic mass is 10.1. The van der Waals surface area contributed by atoms with E-state index in [1.807, 2.05) is 0 Å². The van der Waals surface area contributed by atoms with Crippen molar-refractivity contribution in [3.05, 3.63) is 23.3 Å². The van der Waals surface area contributed by atoms with Crippen LogP contribution < -0.4 is 9.46 Å². The number of rotatable bonds is 6. The maximum Gasteiger partial charge on any atom is 0.248 e. The summed E-state index contributed by atoms with van der Waals surface area (Å²) in [6.45, 7) is 5.04. The van der Waals surface area contributed by atoms with Gasteiger partial charge in [0.25, 0.3) is 0 Å². The number of nitrogens with one attached hydrogen (secondary N) is 1. The first-order valence-electron chi connectivity index (χ1n) is 7.35. The van der Waals surface area contributed by atoms with E-state index in [-0.39, 0.29) is 24.0 Å². The van der Waals surface area contributed by atoms with Gasteiger partial charge in [0.2, 0.25) is 15.9 Å². The molecule has 1 heterocycles. The third-order valence-electron chi connectivity index (χ3n) is 3.74. The Labute approximate surface area is 136 Å². The number of amides is 1. The van der Waals surface area contributed by atoms with Crippen LogP contribution in [0, 0.1) is 13.8 Å². The van der Waals surface area contributed by atoms with E-state index < -0.39 is 10.0 Å². The number of sulfonamides is 1. The number of morpholine rings is 1. The molecule has 1 amide bonds. The quantitative estimate of drug-likeness (QED) is 0.811. The summed E-state index contributed by atoms with van der Waals surface area (Å²) in [5, 5.41) is 0. The van der Waals surface area contributed by atoms with E-state index in [1.165, 1.54) is 0 Å². The van der Waals surface area contributed by atoms with Crippen molar-refractivity contribution in [3.8, 4) is 5.75 Å². The average molecular weight is 342 g/mol. The molecular weight excluding hydrogens is 320 g/mol. The van der Waals surface area contributed by atoms with Gasteiger partial charge in [-0.15, -0.1) is 0 Å². The van der Waals surface area contributed by atoms with Crippen LogP contribution in [0.1, 0.15) is 11.1 Å². The largest absolute Gasteiger partial charge is 0.496 e. The third kappa shape index (κ3) is 4.21. The van der Waals surface area contributed by atoms with Crippen LogP contribution in [0.5, 0.6) is 5.75 Å². The molecule has 8 heteroatoms. The summed E-state index contributed by atoms with van der Waals surface area (Å²) in [4.78, 5) is 13.4. The minimum Gasteiger partial charge on any atom is -0.496 e. The Hall–Kier alpha value is -1.64. The van der Waals surface area contributed by atoms with Crippen LogP contribution in [0.3, 0.4) is 0 Å². The normalized spacial score (nSPS) is 15.8. The summed E-state index contributed by atoms with van der Waals surface area (Å²) in [6, 6.07) is 3.30. The number of methoxy groups -OCH3 is 1. The molecule has 7 nitrogen and oxygen atoms in total. The second-order valence-corrected chi connectivity index (χ2v) is 7.15. The number of hydrogen-bond donors (Lipinski definition) is 1. The molecule has 0 aromatic heterocycles. The van der Waals surface area contributed by atoms with E-state index in [1.54, 1.807) is 38.0 Å². The fourth-order valence-corrected chi connectivity index (χ4v) is 3.78. The molecule has 0 aliphatic carbocycles. The molecule has 1 aliphatic heterocycles. The van der Waals surface area contributed by atoms with Gasteiger partial charge in [0.1, 0.15) is 12.4 Å². The Morgan fingerprint density at radius 2 is 2.04 bits per heavy atom. The maximum atomic E-state index is 12.4. The highest BCUT2D eigenvalue weighted by molar-refractivity contribution is 7.89. The fraction of sp³-hybridized carbons (Fsp3) is 0.533. The van der Waals surface area contributed by atoms with Crippen molar-refractivity contribution < 1.29 is 22.7 Å². The van der Waals surface area contributed by atoms with Gasteiger partial charge < -0.3 is 14.4 Å². The molecule has 1 N–H and O–H groups in total. The number of ether oxygens (including phenoxy) is 2. The van der Waals surface area contributed by atoms with E-state index in [9.17, 15) is 13.2 Å². The molecule has 1 saturated heterocycles. The summed E-state index contributed by atoms with van der Waals surface area (Å²) in [5.41, 5.74) is 1.37. The minimum absolute atomic E-state index is 0.0591. The van der Waals surface area contributed by atoms with Crippen molar-refractivity contribution in [2.24, 2.45) is 0 Å². The lowest BCUT2D eigenvalue weighted by Crippen LogP contribution is -2.45. The van der Waals surface area contributed by atoms with Crippen molar-refractivity contribution >= 4 is 15.9 Å². The maximum absolute atomic E-state index is 12.4. The Morgan fingerprint density at radius 1 is 1.30 bits per heavy atom. The van der Waals surface area contributed by atoms with Crippen molar-refractivity contribution in [2.45, 2.75) is 18.7 Å². The number of nitrogens with zero attached hydrogens (tertiary/aromatic N) is 1. The minimum atomic E-state index is -3.63. The van der Waals surface area contributed by atoms with Gasteiger partial charge in [-0.1, -0.05) is 0 Å². The van der Waals surface area contributed by atoms with Crippen LogP contribution in [0.15, 0.2) is 17.0 Å². The van der Waals surface area contributed by atoms with E-state index in [0.29, 0.717) is 31.0 Å². The van der Waals surface area contributed by atoms with Gasteiger partial charge in [0.05, 0.1) is 18.6 Å². The fourth-order valence-electron chi connectivity index (χ4n) is 2.45. The van der Waals surface area contributed by atoms with Gasteiger partial charge >= 0.3 is 0 Å². The Kier molecular flexibility index (Phi) is 5.61. The molecule has 1 aromatic carbocycles. The number of benzene rings is 1. The second-order valence-electron chi connectivity index (χ2n) is 5.42. The summed E-state index contributed by atoms with van der Waals surface area (Å²) in [6.07, 6.45) is 0. The van der Waals surface area contributed by atoms with E-state index >= 15 is 0 Å². The first-order chi connectivity index (χ1) is 10.8. The zero-order chi connectivity index (χ0) is 17.0. The van der Waals surface area contributed by atoms with Gasteiger partial charge in [-0.3, -0.25) is 4.79 Å². The monoisotopic (exact) mass is 342 g/mol. The molecule has 128 valence electrons. The van der Waals surface area contributed by atoms with Crippen molar-refractivity contribution in [3.63, 3.8) is 0 Å². The average Bonchev–Trinajstić information content (AvgIpc) is 2.50. The van der Waals surface area contributed by atoms with Crippen molar-refractivity contribution in [2.75, 3.05) is 40.0 Å². The number of carbonyl (C=O) groups excluding carboxylic acids is 1. The third-order valence-corrected chi connectivity index (χ3v) is 5.34. The zero-order valence-corrected chi connectivity index (χ0v) is 14.4. The van der Waals surface area contributed by atoms with Crippen molar-refractivity contribution in [1.82, 2.24) is 9.62 Å². The topological polar surface area (TPSA) is 84.9 Å².